The summed E-state index contributed by atoms with van der Waals surface area (Å²) in [5, 5.41) is 11.8. The van der Waals surface area contributed by atoms with E-state index in [1.807, 2.05) is 18.3 Å². The van der Waals surface area contributed by atoms with Gasteiger partial charge >= 0.3 is 0 Å². The SMILES string of the molecule is COCCNc1ccc(C[C@@H]2CCCN(Cc3ccccn3)C2)nn1. The first kappa shape index (κ1) is 17.8. The Bertz CT molecular complexity index is 619. The predicted molar refractivity (Wildman–Crippen MR) is 98.3 cm³/mol. The maximum Gasteiger partial charge on any atom is 0.148 e. The minimum atomic E-state index is 0.638. The van der Waals surface area contributed by atoms with Crippen LogP contribution in [0.4, 0.5) is 5.82 Å². The molecule has 134 valence electrons. The van der Waals surface area contributed by atoms with Gasteiger partial charge in [0.05, 0.1) is 18.0 Å². The molecule has 1 saturated heterocycles. The van der Waals surface area contributed by atoms with E-state index in [1.54, 1.807) is 7.11 Å². The van der Waals surface area contributed by atoms with Crippen molar-refractivity contribution in [1.29, 1.82) is 0 Å². The minimum absolute atomic E-state index is 0.638. The number of hydrogen-bond acceptors (Lipinski definition) is 6. The molecule has 0 aromatic carbocycles. The minimum Gasteiger partial charge on any atom is -0.383 e. The normalized spacial score (nSPS) is 18.2. The average molecular weight is 341 g/mol. The van der Waals surface area contributed by atoms with Crippen molar-refractivity contribution in [2.24, 2.45) is 5.92 Å². The number of methoxy groups -OCH3 is 1. The Hall–Kier alpha value is -2.05. The number of rotatable bonds is 8. The molecule has 2 aromatic heterocycles. The van der Waals surface area contributed by atoms with Crippen LogP contribution in [0.25, 0.3) is 0 Å². The van der Waals surface area contributed by atoms with Gasteiger partial charge in [-0.25, -0.2) is 0 Å². The van der Waals surface area contributed by atoms with E-state index in [0.29, 0.717) is 12.5 Å². The van der Waals surface area contributed by atoms with Crippen molar-refractivity contribution in [3.8, 4) is 0 Å². The summed E-state index contributed by atoms with van der Waals surface area (Å²) in [6.07, 6.45) is 5.36. The first-order chi connectivity index (χ1) is 12.3. The zero-order valence-corrected chi connectivity index (χ0v) is 14.9. The Kier molecular flexibility index (Phi) is 6.71. The summed E-state index contributed by atoms with van der Waals surface area (Å²) in [6.45, 7) is 4.60. The second-order valence-electron chi connectivity index (χ2n) is 6.60. The van der Waals surface area contributed by atoms with E-state index in [9.17, 15) is 0 Å². The van der Waals surface area contributed by atoms with Gasteiger partial charge in [0.25, 0.3) is 0 Å². The molecule has 1 aliphatic rings. The highest BCUT2D eigenvalue weighted by molar-refractivity contribution is 5.32. The van der Waals surface area contributed by atoms with E-state index in [4.69, 9.17) is 4.74 Å². The second-order valence-corrected chi connectivity index (χ2v) is 6.60. The quantitative estimate of drug-likeness (QED) is 0.744. The number of nitrogens with zero attached hydrogens (tertiary/aromatic N) is 4. The van der Waals surface area contributed by atoms with E-state index in [1.165, 1.54) is 12.8 Å². The number of likely N-dealkylation sites (tertiary alicyclic amines) is 1. The van der Waals surface area contributed by atoms with E-state index < -0.39 is 0 Å². The summed E-state index contributed by atoms with van der Waals surface area (Å²) >= 11 is 0. The standard InChI is InChI=1S/C19H27N5O/c1-25-12-10-21-19-8-7-17(22-23-19)13-16-5-4-11-24(14-16)15-18-6-2-3-9-20-18/h2-3,6-9,16H,4-5,10-15H2,1H3,(H,21,23)/t16-/m0/s1. The Balaban J connectivity index is 1.48. The molecule has 0 amide bonds. The molecule has 1 atom stereocenters. The van der Waals surface area contributed by atoms with Crippen molar-refractivity contribution < 1.29 is 4.74 Å². The number of anilines is 1. The Labute approximate surface area is 149 Å². The van der Waals surface area contributed by atoms with Crippen LogP contribution < -0.4 is 5.32 Å². The van der Waals surface area contributed by atoms with Crippen molar-refractivity contribution in [1.82, 2.24) is 20.1 Å². The van der Waals surface area contributed by atoms with Crippen LogP contribution in [0, 0.1) is 5.92 Å². The molecule has 3 heterocycles. The van der Waals surface area contributed by atoms with Crippen molar-refractivity contribution in [3.63, 3.8) is 0 Å². The Morgan fingerprint density at radius 3 is 2.92 bits per heavy atom. The first-order valence-corrected chi connectivity index (χ1v) is 9.01. The Morgan fingerprint density at radius 1 is 1.20 bits per heavy atom. The highest BCUT2D eigenvalue weighted by atomic mass is 16.5. The van der Waals surface area contributed by atoms with Crippen molar-refractivity contribution in [2.75, 3.05) is 38.7 Å². The third-order valence-electron chi connectivity index (χ3n) is 4.54. The van der Waals surface area contributed by atoms with E-state index >= 15 is 0 Å². The first-order valence-electron chi connectivity index (χ1n) is 9.01. The lowest BCUT2D eigenvalue weighted by Gasteiger charge is -2.32. The number of aromatic nitrogens is 3. The van der Waals surface area contributed by atoms with Crippen molar-refractivity contribution in [3.05, 3.63) is 47.9 Å². The van der Waals surface area contributed by atoms with Gasteiger partial charge in [0, 0.05) is 32.9 Å². The highest BCUT2D eigenvalue weighted by Gasteiger charge is 2.21. The molecule has 6 nitrogen and oxygen atoms in total. The van der Waals surface area contributed by atoms with Crippen LogP contribution in [0.5, 0.6) is 0 Å². The van der Waals surface area contributed by atoms with Crippen LogP contribution in [0.15, 0.2) is 36.5 Å². The van der Waals surface area contributed by atoms with Crippen LogP contribution in [0.1, 0.15) is 24.2 Å². The van der Waals surface area contributed by atoms with Gasteiger partial charge in [-0.05, 0) is 56.0 Å². The third-order valence-corrected chi connectivity index (χ3v) is 4.54. The summed E-state index contributed by atoms with van der Waals surface area (Å²) in [4.78, 5) is 6.95. The fourth-order valence-corrected chi connectivity index (χ4v) is 3.32. The summed E-state index contributed by atoms with van der Waals surface area (Å²) in [5.41, 5.74) is 2.22. The maximum absolute atomic E-state index is 5.02. The largest absolute Gasteiger partial charge is 0.383 e. The monoisotopic (exact) mass is 341 g/mol. The molecule has 25 heavy (non-hydrogen) atoms. The molecule has 6 heteroatoms. The molecule has 0 saturated carbocycles. The molecular formula is C19H27N5O. The van der Waals surface area contributed by atoms with Gasteiger partial charge in [0.15, 0.2) is 0 Å². The Morgan fingerprint density at radius 2 is 2.16 bits per heavy atom. The summed E-state index contributed by atoms with van der Waals surface area (Å²) in [7, 11) is 1.69. The lowest BCUT2D eigenvalue weighted by Crippen LogP contribution is -2.36. The summed E-state index contributed by atoms with van der Waals surface area (Å²) in [6, 6.07) is 10.2. The van der Waals surface area contributed by atoms with Crippen LogP contribution >= 0.6 is 0 Å². The molecular weight excluding hydrogens is 314 g/mol. The second kappa shape index (κ2) is 9.44. The average Bonchev–Trinajstić information content (AvgIpc) is 2.65. The van der Waals surface area contributed by atoms with Gasteiger partial charge in [-0.15, -0.1) is 5.10 Å². The number of piperidine rings is 1. The van der Waals surface area contributed by atoms with Gasteiger partial charge in [-0.3, -0.25) is 9.88 Å². The summed E-state index contributed by atoms with van der Waals surface area (Å²) < 4.78 is 5.02. The van der Waals surface area contributed by atoms with Crippen LogP contribution in [-0.2, 0) is 17.7 Å². The fraction of sp³-hybridized carbons (Fsp3) is 0.526. The molecule has 0 spiro atoms. The molecule has 3 rings (SSSR count). The topological polar surface area (TPSA) is 63.2 Å². The molecule has 0 radical (unpaired) electrons. The smallest absolute Gasteiger partial charge is 0.148 e. The maximum atomic E-state index is 5.02. The molecule has 2 aromatic rings. The number of nitrogens with one attached hydrogen (secondary N) is 1. The molecule has 1 fully saturated rings. The van der Waals surface area contributed by atoms with E-state index in [2.05, 4.69) is 43.6 Å². The van der Waals surface area contributed by atoms with Gasteiger partial charge in [-0.1, -0.05) is 6.07 Å². The van der Waals surface area contributed by atoms with Crippen LogP contribution in [0.3, 0.4) is 0 Å². The lowest BCUT2D eigenvalue weighted by molar-refractivity contribution is 0.164. The zero-order valence-electron chi connectivity index (χ0n) is 14.9. The van der Waals surface area contributed by atoms with Crippen molar-refractivity contribution >= 4 is 5.82 Å². The predicted octanol–water partition coefficient (Wildman–Crippen LogP) is 2.38. The number of ether oxygens (including phenoxy) is 1. The third kappa shape index (κ3) is 5.76. The van der Waals surface area contributed by atoms with Gasteiger partial charge in [-0.2, -0.15) is 5.10 Å². The lowest BCUT2D eigenvalue weighted by atomic mass is 9.93. The molecule has 0 bridgehead atoms. The molecule has 1 N–H and O–H groups in total. The number of pyridine rings is 1. The van der Waals surface area contributed by atoms with Crippen LogP contribution in [0.2, 0.25) is 0 Å². The van der Waals surface area contributed by atoms with Gasteiger partial charge < -0.3 is 10.1 Å². The van der Waals surface area contributed by atoms with Gasteiger partial charge in [0.1, 0.15) is 5.82 Å². The molecule has 0 unspecified atom stereocenters. The highest BCUT2D eigenvalue weighted by Crippen LogP contribution is 2.21. The number of hydrogen-bond donors (Lipinski definition) is 1. The van der Waals surface area contributed by atoms with E-state index in [-0.39, 0.29) is 0 Å². The van der Waals surface area contributed by atoms with Crippen molar-refractivity contribution in [2.45, 2.75) is 25.8 Å². The fourth-order valence-electron chi connectivity index (χ4n) is 3.32. The summed E-state index contributed by atoms with van der Waals surface area (Å²) in [5.74, 6) is 1.44. The van der Waals surface area contributed by atoms with Crippen LogP contribution in [-0.4, -0.2) is 53.4 Å². The van der Waals surface area contributed by atoms with E-state index in [0.717, 1.165) is 49.8 Å². The molecule has 0 aliphatic carbocycles. The van der Waals surface area contributed by atoms with Gasteiger partial charge in [0.2, 0.25) is 0 Å². The zero-order chi connectivity index (χ0) is 17.3. The molecule has 1 aliphatic heterocycles.